The van der Waals surface area contributed by atoms with Crippen molar-refractivity contribution < 1.29 is 9.47 Å². The normalized spacial score (nSPS) is 12.4. The third kappa shape index (κ3) is 5.07. The Morgan fingerprint density at radius 1 is 1.22 bits per heavy atom. The van der Waals surface area contributed by atoms with E-state index in [1.165, 1.54) is 5.56 Å². The molecule has 0 fully saturated rings. The first-order chi connectivity index (χ1) is 8.81. The third-order valence-electron chi connectivity index (χ3n) is 3.01. The summed E-state index contributed by atoms with van der Waals surface area (Å²) in [5.74, 6) is 0.976. The van der Waals surface area contributed by atoms with Crippen LogP contribution in [-0.2, 0) is 11.2 Å². The molecule has 0 radical (unpaired) electrons. The molecule has 1 N–H and O–H groups in total. The molecule has 0 aliphatic heterocycles. The molecule has 0 bridgehead atoms. The minimum atomic E-state index is 0.417. The van der Waals surface area contributed by atoms with Gasteiger partial charge in [-0.05, 0) is 37.4 Å². The molecule has 1 unspecified atom stereocenters. The van der Waals surface area contributed by atoms with E-state index in [-0.39, 0.29) is 0 Å². The second kappa shape index (κ2) is 8.95. The number of methoxy groups -OCH3 is 2. The number of benzene rings is 1. The number of hydrogen-bond donors (Lipinski definition) is 1. The van der Waals surface area contributed by atoms with Crippen molar-refractivity contribution in [3.05, 3.63) is 29.8 Å². The molecule has 0 saturated carbocycles. The van der Waals surface area contributed by atoms with Crippen molar-refractivity contribution in [2.45, 2.75) is 32.2 Å². The fourth-order valence-electron chi connectivity index (χ4n) is 2.03. The van der Waals surface area contributed by atoms with E-state index < -0.39 is 0 Å². The number of rotatable bonds is 9. The number of nitrogens with one attached hydrogen (secondary N) is 1. The lowest BCUT2D eigenvalue weighted by Crippen LogP contribution is -2.34. The van der Waals surface area contributed by atoms with Gasteiger partial charge in [-0.25, -0.2) is 0 Å². The van der Waals surface area contributed by atoms with E-state index in [4.69, 9.17) is 9.47 Å². The first-order valence-electron chi connectivity index (χ1n) is 6.66. The van der Waals surface area contributed by atoms with Crippen molar-refractivity contribution in [2.24, 2.45) is 0 Å². The molecule has 0 saturated heterocycles. The van der Waals surface area contributed by atoms with Gasteiger partial charge in [-0.2, -0.15) is 0 Å². The SMILES string of the molecule is CCCNC(CCc1ccccc1OC)COC. The Bertz CT molecular complexity index is 328. The molecule has 102 valence electrons. The molecular weight excluding hydrogens is 226 g/mol. The molecule has 1 aromatic carbocycles. The molecule has 3 nitrogen and oxygen atoms in total. The Balaban J connectivity index is 2.49. The van der Waals surface area contributed by atoms with Crippen LogP contribution in [0.2, 0.25) is 0 Å². The lowest BCUT2D eigenvalue weighted by atomic mass is 10.0. The van der Waals surface area contributed by atoms with Gasteiger partial charge in [-0.1, -0.05) is 25.1 Å². The van der Waals surface area contributed by atoms with Crippen LogP contribution in [0.15, 0.2) is 24.3 Å². The smallest absolute Gasteiger partial charge is 0.122 e. The van der Waals surface area contributed by atoms with Crippen molar-refractivity contribution in [2.75, 3.05) is 27.4 Å². The summed E-state index contributed by atoms with van der Waals surface area (Å²) < 4.78 is 10.6. The van der Waals surface area contributed by atoms with E-state index in [2.05, 4.69) is 24.4 Å². The van der Waals surface area contributed by atoms with Crippen LogP contribution in [0.25, 0.3) is 0 Å². The highest BCUT2D eigenvalue weighted by molar-refractivity contribution is 5.33. The summed E-state index contributed by atoms with van der Waals surface area (Å²) in [6.07, 6.45) is 3.22. The zero-order chi connectivity index (χ0) is 13.2. The van der Waals surface area contributed by atoms with E-state index in [0.717, 1.165) is 38.2 Å². The summed E-state index contributed by atoms with van der Waals surface area (Å²) >= 11 is 0. The van der Waals surface area contributed by atoms with Crippen molar-refractivity contribution in [3.63, 3.8) is 0 Å². The summed E-state index contributed by atoms with van der Waals surface area (Å²) in [4.78, 5) is 0. The average Bonchev–Trinajstić information content (AvgIpc) is 2.42. The van der Waals surface area contributed by atoms with E-state index in [1.54, 1.807) is 14.2 Å². The van der Waals surface area contributed by atoms with Gasteiger partial charge in [0.2, 0.25) is 0 Å². The van der Waals surface area contributed by atoms with Crippen molar-refractivity contribution in [1.29, 1.82) is 0 Å². The molecule has 1 rings (SSSR count). The minimum Gasteiger partial charge on any atom is -0.496 e. The zero-order valence-corrected chi connectivity index (χ0v) is 11.7. The second-order valence-corrected chi connectivity index (χ2v) is 4.46. The van der Waals surface area contributed by atoms with Gasteiger partial charge in [0.25, 0.3) is 0 Å². The van der Waals surface area contributed by atoms with Crippen LogP contribution in [0, 0.1) is 0 Å². The van der Waals surface area contributed by atoms with Gasteiger partial charge < -0.3 is 14.8 Å². The molecule has 0 aliphatic rings. The zero-order valence-electron chi connectivity index (χ0n) is 11.7. The second-order valence-electron chi connectivity index (χ2n) is 4.46. The van der Waals surface area contributed by atoms with E-state index in [9.17, 15) is 0 Å². The topological polar surface area (TPSA) is 30.5 Å². The van der Waals surface area contributed by atoms with Gasteiger partial charge in [0, 0.05) is 13.2 Å². The van der Waals surface area contributed by atoms with Crippen LogP contribution in [-0.4, -0.2) is 33.4 Å². The van der Waals surface area contributed by atoms with Gasteiger partial charge in [0.15, 0.2) is 0 Å². The Kier molecular flexibility index (Phi) is 7.46. The molecular formula is C15H25NO2. The van der Waals surface area contributed by atoms with Gasteiger partial charge in [0.05, 0.1) is 13.7 Å². The predicted molar refractivity (Wildman–Crippen MR) is 75.3 cm³/mol. The highest BCUT2D eigenvalue weighted by atomic mass is 16.5. The van der Waals surface area contributed by atoms with E-state index in [0.29, 0.717) is 6.04 Å². The van der Waals surface area contributed by atoms with Crippen molar-refractivity contribution in [1.82, 2.24) is 5.32 Å². The molecule has 1 aromatic rings. The van der Waals surface area contributed by atoms with E-state index in [1.807, 2.05) is 12.1 Å². The van der Waals surface area contributed by atoms with Gasteiger partial charge in [0.1, 0.15) is 5.75 Å². The van der Waals surface area contributed by atoms with Crippen LogP contribution in [0.4, 0.5) is 0 Å². The molecule has 0 aliphatic carbocycles. The minimum absolute atomic E-state index is 0.417. The largest absolute Gasteiger partial charge is 0.496 e. The quantitative estimate of drug-likeness (QED) is 0.732. The first kappa shape index (κ1) is 15.0. The average molecular weight is 251 g/mol. The van der Waals surface area contributed by atoms with Crippen LogP contribution in [0.1, 0.15) is 25.3 Å². The Morgan fingerprint density at radius 3 is 2.67 bits per heavy atom. The third-order valence-corrected chi connectivity index (χ3v) is 3.01. The summed E-state index contributed by atoms with van der Waals surface area (Å²) in [7, 11) is 3.48. The standard InChI is InChI=1S/C15H25NO2/c1-4-11-16-14(12-17-2)10-9-13-7-5-6-8-15(13)18-3/h5-8,14,16H,4,9-12H2,1-3H3. The molecule has 0 heterocycles. The Hall–Kier alpha value is -1.06. The monoisotopic (exact) mass is 251 g/mol. The Labute approximate surface area is 110 Å². The lowest BCUT2D eigenvalue weighted by Gasteiger charge is -2.18. The van der Waals surface area contributed by atoms with Crippen LogP contribution in [0.3, 0.4) is 0 Å². The molecule has 0 aromatic heterocycles. The van der Waals surface area contributed by atoms with Gasteiger partial charge in [-0.3, -0.25) is 0 Å². The lowest BCUT2D eigenvalue weighted by molar-refractivity contribution is 0.162. The molecule has 0 spiro atoms. The number of para-hydroxylation sites is 1. The maximum atomic E-state index is 5.37. The summed E-state index contributed by atoms with van der Waals surface area (Å²) in [5.41, 5.74) is 1.26. The fourth-order valence-corrected chi connectivity index (χ4v) is 2.03. The fraction of sp³-hybridized carbons (Fsp3) is 0.600. The van der Waals surface area contributed by atoms with Crippen molar-refractivity contribution >= 4 is 0 Å². The van der Waals surface area contributed by atoms with Gasteiger partial charge >= 0.3 is 0 Å². The number of hydrogen-bond acceptors (Lipinski definition) is 3. The highest BCUT2D eigenvalue weighted by Gasteiger charge is 2.09. The van der Waals surface area contributed by atoms with E-state index >= 15 is 0 Å². The first-order valence-corrected chi connectivity index (χ1v) is 6.66. The number of ether oxygens (including phenoxy) is 2. The maximum Gasteiger partial charge on any atom is 0.122 e. The number of aryl methyl sites for hydroxylation is 1. The van der Waals surface area contributed by atoms with Crippen LogP contribution in [0.5, 0.6) is 5.75 Å². The van der Waals surface area contributed by atoms with Gasteiger partial charge in [-0.15, -0.1) is 0 Å². The van der Waals surface area contributed by atoms with Crippen molar-refractivity contribution in [3.8, 4) is 5.75 Å². The predicted octanol–water partition coefficient (Wildman–Crippen LogP) is 2.64. The Morgan fingerprint density at radius 2 is 2.00 bits per heavy atom. The maximum absolute atomic E-state index is 5.37. The highest BCUT2D eigenvalue weighted by Crippen LogP contribution is 2.19. The molecule has 3 heteroatoms. The molecule has 0 amide bonds. The van der Waals surface area contributed by atoms with Crippen LogP contribution >= 0.6 is 0 Å². The summed E-state index contributed by atoms with van der Waals surface area (Å²) in [6.45, 7) is 3.98. The molecule has 1 atom stereocenters. The van der Waals surface area contributed by atoms with Crippen LogP contribution < -0.4 is 10.1 Å². The molecule has 18 heavy (non-hydrogen) atoms. The summed E-state index contributed by atoms with van der Waals surface area (Å²) in [5, 5.41) is 3.51. The summed E-state index contributed by atoms with van der Waals surface area (Å²) in [6, 6.07) is 8.62.